The van der Waals surface area contributed by atoms with Gasteiger partial charge in [-0.15, -0.1) is 0 Å². The number of hydrogen-bond donors (Lipinski definition) is 2. The Morgan fingerprint density at radius 1 is 0.875 bits per heavy atom. The number of alkyl carbamates (subject to hydrolysis) is 1. The highest BCUT2D eigenvalue weighted by molar-refractivity contribution is 5.96. The van der Waals surface area contributed by atoms with Gasteiger partial charge in [0.1, 0.15) is 19.3 Å². The zero-order valence-corrected chi connectivity index (χ0v) is 33.0. The molecule has 8 heteroatoms. The molecule has 3 unspecified atom stereocenters. The Hall–Kier alpha value is -4.40. The fourth-order valence-electron chi connectivity index (χ4n) is 12.7. The number of amides is 1. The lowest BCUT2D eigenvalue weighted by Gasteiger charge is -2.59. The van der Waals surface area contributed by atoms with Gasteiger partial charge in [-0.05, 0) is 133 Å². The average Bonchev–Trinajstić information content (AvgIpc) is 4.00. The number of hydrogen-bond acceptors (Lipinski definition) is 6. The number of aromatic amines is 1. The van der Waals surface area contributed by atoms with Crippen LogP contribution >= 0.6 is 0 Å². The molecule has 0 radical (unpaired) electrons. The second-order valence-corrected chi connectivity index (χ2v) is 18.1. The third-order valence-corrected chi connectivity index (χ3v) is 15.5. The Kier molecular flexibility index (Phi) is 8.94. The van der Waals surface area contributed by atoms with E-state index in [2.05, 4.69) is 97.8 Å². The second-order valence-electron chi connectivity index (χ2n) is 18.1. The van der Waals surface area contributed by atoms with Crippen molar-refractivity contribution in [2.24, 2.45) is 39.7 Å². The largest absolute Gasteiger partial charge is 0.449 e. The highest BCUT2D eigenvalue weighted by Gasteiger charge is 2.63. The molecule has 1 aliphatic heterocycles. The monoisotopic (exact) mass is 753 g/mol. The zero-order valence-electron chi connectivity index (χ0n) is 33.0. The summed E-state index contributed by atoms with van der Waals surface area (Å²) in [5.41, 5.74) is 9.66. The van der Waals surface area contributed by atoms with Crippen molar-refractivity contribution in [3.05, 3.63) is 107 Å². The molecule has 4 aromatic rings. The van der Waals surface area contributed by atoms with Gasteiger partial charge in [0.2, 0.25) is 0 Å². The fourth-order valence-corrected chi connectivity index (χ4v) is 12.7. The summed E-state index contributed by atoms with van der Waals surface area (Å²) in [6.45, 7) is 9.17. The number of fused-ring (bicyclic) bond motifs is 9. The van der Waals surface area contributed by atoms with E-state index in [0.29, 0.717) is 11.8 Å². The molecule has 292 valence electrons. The van der Waals surface area contributed by atoms with Gasteiger partial charge >= 0.3 is 6.09 Å². The predicted molar refractivity (Wildman–Crippen MR) is 218 cm³/mol. The highest BCUT2D eigenvalue weighted by Crippen LogP contribution is 2.68. The van der Waals surface area contributed by atoms with E-state index in [0.717, 1.165) is 66.6 Å². The summed E-state index contributed by atoms with van der Waals surface area (Å²) in [4.78, 5) is 23.2. The summed E-state index contributed by atoms with van der Waals surface area (Å²) in [7, 11) is 0. The van der Waals surface area contributed by atoms with E-state index in [-0.39, 0.29) is 30.0 Å². The molecule has 56 heavy (non-hydrogen) atoms. The molecule has 3 saturated carbocycles. The summed E-state index contributed by atoms with van der Waals surface area (Å²) in [5, 5.41) is 8.91. The number of nitrogens with one attached hydrogen (secondary N) is 2. The van der Waals surface area contributed by atoms with Gasteiger partial charge in [0.15, 0.2) is 5.79 Å². The first-order valence-corrected chi connectivity index (χ1v) is 21.1. The quantitative estimate of drug-likeness (QED) is 0.175. The lowest BCUT2D eigenvalue weighted by atomic mass is 9.46. The van der Waals surface area contributed by atoms with Gasteiger partial charge in [-0.3, -0.25) is 0 Å². The maximum Gasteiger partial charge on any atom is 0.407 e. The maximum absolute atomic E-state index is 13.5. The molecule has 2 heterocycles. The minimum atomic E-state index is -0.478. The van der Waals surface area contributed by atoms with Gasteiger partial charge in [0.05, 0.1) is 18.9 Å². The first kappa shape index (κ1) is 36.0. The third-order valence-electron chi connectivity index (χ3n) is 15.5. The molecule has 8 nitrogen and oxygen atoms in total. The SMILES string of the molecule is CC1([C@H]2CCC3C4CCC5=C/C(=N/OC[C@@H](NC(=O)OCC6c7ccccc7-c7ccccc76)c6cc7ccccc7[nH]6)CC[C@]5(C)C4CC[C@@]32C)OCCO1. The number of aromatic nitrogens is 1. The molecule has 1 aromatic heterocycles. The molecule has 1 amide bonds. The fraction of sp³-hybridized carbons (Fsp3) is 0.500. The standard InChI is InChI=1S/C48H55N3O5/c1-46-22-20-32(27-31(46)16-17-37-39-18-19-44(48(3)54-24-25-55-48)47(39,2)23-21-40(37)46)51-56-29-43(42-26-30-10-4-9-15-41(30)49-42)50-45(52)53-28-38-35-13-7-5-11-33(35)34-12-6-8-14-36(34)38/h4-15,26-27,37-40,43-44,49H,16-25,28-29H2,1-3H3,(H,50,52)/b51-32+/t37?,39?,40?,43-,44+,46+,47+/m1/s1. The van der Waals surface area contributed by atoms with Crippen molar-refractivity contribution < 1.29 is 23.8 Å². The summed E-state index contributed by atoms with van der Waals surface area (Å²) >= 11 is 0. The zero-order chi connectivity index (χ0) is 38.1. The number of benzene rings is 3. The molecule has 0 spiro atoms. The Labute approximate surface area is 330 Å². The number of para-hydroxylation sites is 1. The number of allylic oxidation sites excluding steroid dienone is 2. The Morgan fingerprint density at radius 3 is 2.38 bits per heavy atom. The Bertz CT molecular complexity index is 2120. The number of carbonyl (C=O) groups is 1. The van der Waals surface area contributed by atoms with Crippen molar-refractivity contribution in [2.45, 2.75) is 89.9 Å². The van der Waals surface area contributed by atoms with Crippen LogP contribution in [0.2, 0.25) is 0 Å². The van der Waals surface area contributed by atoms with Crippen molar-refractivity contribution in [2.75, 3.05) is 26.4 Å². The summed E-state index contributed by atoms with van der Waals surface area (Å²) in [5.74, 6) is 2.23. The summed E-state index contributed by atoms with van der Waals surface area (Å²) in [6, 6.07) is 26.5. The molecule has 6 aliphatic rings. The molecule has 2 N–H and O–H groups in total. The third kappa shape index (κ3) is 5.93. The minimum absolute atomic E-state index is 0.0137. The van der Waals surface area contributed by atoms with E-state index in [4.69, 9.17) is 24.2 Å². The maximum atomic E-state index is 13.5. The number of oxime groups is 1. The van der Waals surface area contributed by atoms with Crippen LogP contribution in [0.15, 0.2) is 95.7 Å². The molecule has 4 fully saturated rings. The van der Waals surface area contributed by atoms with Crippen LogP contribution in [0.3, 0.4) is 0 Å². The number of carbonyl (C=O) groups excluding carboxylic acids is 1. The normalized spacial score (nSPS) is 31.5. The van der Waals surface area contributed by atoms with E-state index >= 15 is 0 Å². The van der Waals surface area contributed by atoms with E-state index in [9.17, 15) is 4.79 Å². The van der Waals surface area contributed by atoms with E-state index < -0.39 is 17.9 Å². The van der Waals surface area contributed by atoms with Crippen molar-refractivity contribution in [1.29, 1.82) is 0 Å². The first-order chi connectivity index (χ1) is 27.2. The highest BCUT2D eigenvalue weighted by atomic mass is 16.7. The first-order valence-electron chi connectivity index (χ1n) is 21.1. The molecule has 10 rings (SSSR count). The minimum Gasteiger partial charge on any atom is -0.449 e. The van der Waals surface area contributed by atoms with Gasteiger partial charge in [0, 0.05) is 23.0 Å². The van der Waals surface area contributed by atoms with Crippen LogP contribution in [0.5, 0.6) is 0 Å². The number of nitrogens with zero attached hydrogens (tertiary/aromatic N) is 1. The van der Waals surface area contributed by atoms with Crippen LogP contribution in [0.25, 0.3) is 22.0 Å². The van der Waals surface area contributed by atoms with Crippen LogP contribution in [0, 0.1) is 34.5 Å². The van der Waals surface area contributed by atoms with E-state index in [1.165, 1.54) is 54.4 Å². The Morgan fingerprint density at radius 2 is 1.61 bits per heavy atom. The molecule has 0 bridgehead atoms. The van der Waals surface area contributed by atoms with Crippen molar-refractivity contribution in [3.63, 3.8) is 0 Å². The van der Waals surface area contributed by atoms with Gasteiger partial charge in [0.25, 0.3) is 0 Å². The predicted octanol–water partition coefficient (Wildman–Crippen LogP) is 10.5. The number of rotatable bonds is 8. The number of ether oxygens (including phenoxy) is 3. The lowest BCUT2D eigenvalue weighted by molar-refractivity contribution is -0.214. The molecular weight excluding hydrogens is 699 g/mol. The molecule has 7 atom stereocenters. The van der Waals surface area contributed by atoms with Gasteiger partial charge in [-0.1, -0.05) is 91.3 Å². The van der Waals surface area contributed by atoms with Crippen molar-refractivity contribution in [3.8, 4) is 11.1 Å². The van der Waals surface area contributed by atoms with Gasteiger partial charge in [-0.2, -0.15) is 0 Å². The summed E-state index contributed by atoms with van der Waals surface area (Å²) in [6.07, 6.45) is 11.3. The topological polar surface area (TPSA) is 94.2 Å². The van der Waals surface area contributed by atoms with Crippen LogP contribution < -0.4 is 5.32 Å². The van der Waals surface area contributed by atoms with Crippen LogP contribution in [-0.4, -0.2) is 49.0 Å². The lowest BCUT2D eigenvalue weighted by Crippen LogP contribution is -2.53. The smallest absolute Gasteiger partial charge is 0.407 e. The van der Waals surface area contributed by atoms with Gasteiger partial charge < -0.3 is 29.3 Å². The van der Waals surface area contributed by atoms with Crippen LogP contribution in [-0.2, 0) is 19.0 Å². The Balaban J connectivity index is 0.824. The van der Waals surface area contributed by atoms with Crippen molar-refractivity contribution in [1.82, 2.24) is 10.3 Å². The van der Waals surface area contributed by atoms with Crippen molar-refractivity contribution >= 4 is 22.7 Å². The second kappa shape index (κ2) is 13.9. The van der Waals surface area contributed by atoms with Crippen LogP contribution in [0.4, 0.5) is 4.79 Å². The molecular formula is C48H55N3O5. The summed E-state index contributed by atoms with van der Waals surface area (Å²) < 4.78 is 18.5. The molecule has 3 aromatic carbocycles. The number of H-pyrrole nitrogens is 1. The van der Waals surface area contributed by atoms with Gasteiger partial charge in [-0.25, -0.2) is 4.79 Å². The van der Waals surface area contributed by atoms with E-state index in [1.54, 1.807) is 5.57 Å². The van der Waals surface area contributed by atoms with E-state index in [1.807, 2.05) is 18.2 Å². The van der Waals surface area contributed by atoms with Crippen LogP contribution in [0.1, 0.15) is 101 Å². The molecule has 5 aliphatic carbocycles. The molecule has 1 saturated heterocycles. The average molecular weight is 754 g/mol.